The number of nitrogens with one attached hydrogen (secondary N) is 1. The smallest absolute Gasteiger partial charge is 0.316 e. The molecule has 2 heterocycles. The Balaban J connectivity index is 1.80. The normalized spacial score (nSPS) is 26.9. The second-order valence-corrected chi connectivity index (χ2v) is 4.30. The Bertz CT molecular complexity index is 274. The third-order valence-corrected chi connectivity index (χ3v) is 3.23. The average Bonchev–Trinajstić information content (AvgIpc) is 2.80. The molecular weight excluding hydrogens is 194 g/mol. The third kappa shape index (κ3) is 2.12. The Hall–Kier alpha value is -1.10. The van der Waals surface area contributed by atoms with E-state index in [1.54, 1.807) is 11.9 Å². The van der Waals surface area contributed by atoms with Crippen molar-refractivity contribution in [3.05, 3.63) is 0 Å². The fraction of sp³-hybridized carbons (Fsp3) is 0.800. The van der Waals surface area contributed by atoms with Crippen molar-refractivity contribution in [2.24, 2.45) is 5.92 Å². The van der Waals surface area contributed by atoms with E-state index in [2.05, 4.69) is 5.32 Å². The molecule has 0 aromatic rings. The number of likely N-dealkylation sites (N-methyl/N-ethyl adjacent to an activating group) is 1. The highest BCUT2D eigenvalue weighted by molar-refractivity contribution is 6.01. The van der Waals surface area contributed by atoms with Gasteiger partial charge in [-0.2, -0.15) is 0 Å². The summed E-state index contributed by atoms with van der Waals surface area (Å²) < 4.78 is 0. The maximum absolute atomic E-state index is 11.5. The lowest BCUT2D eigenvalue weighted by molar-refractivity contribution is -0.124. The largest absolute Gasteiger partial charge is 0.326 e. The van der Waals surface area contributed by atoms with Gasteiger partial charge in [0.2, 0.25) is 5.91 Å². The molecule has 15 heavy (non-hydrogen) atoms. The maximum Gasteiger partial charge on any atom is 0.326 e. The molecule has 0 aromatic heterocycles. The first-order chi connectivity index (χ1) is 7.18. The number of urea groups is 1. The zero-order valence-corrected chi connectivity index (χ0v) is 9.03. The van der Waals surface area contributed by atoms with Gasteiger partial charge in [-0.1, -0.05) is 0 Å². The first-order valence-corrected chi connectivity index (χ1v) is 5.44. The molecule has 0 spiro atoms. The molecule has 0 aromatic carbocycles. The molecule has 2 rings (SSSR count). The number of hydrogen-bond acceptors (Lipinski definition) is 3. The first-order valence-electron chi connectivity index (χ1n) is 5.44. The number of carbonyl (C=O) groups excluding carboxylic acids is 2. The van der Waals surface area contributed by atoms with Crippen molar-refractivity contribution in [3.8, 4) is 0 Å². The second kappa shape index (κ2) is 4.18. The first kappa shape index (κ1) is 10.4. The fourth-order valence-electron chi connectivity index (χ4n) is 2.13. The van der Waals surface area contributed by atoms with E-state index >= 15 is 0 Å². The van der Waals surface area contributed by atoms with E-state index < -0.39 is 0 Å². The minimum Gasteiger partial charge on any atom is -0.316 e. The van der Waals surface area contributed by atoms with Gasteiger partial charge >= 0.3 is 6.03 Å². The standard InChI is InChI=1S/C10H17N3O2/c1-12-9(14)7-13(10(12)15)5-3-8-2-4-11-6-8/h8,11H,2-7H2,1H3. The zero-order chi connectivity index (χ0) is 10.8. The molecule has 5 nitrogen and oxygen atoms in total. The van der Waals surface area contributed by atoms with Gasteiger partial charge in [-0.3, -0.25) is 9.69 Å². The predicted octanol–water partition coefficient (Wildman–Crippen LogP) is -0.120. The van der Waals surface area contributed by atoms with E-state index in [1.807, 2.05) is 0 Å². The summed E-state index contributed by atoms with van der Waals surface area (Å²) in [7, 11) is 1.54. The van der Waals surface area contributed by atoms with Crippen LogP contribution in [0.25, 0.3) is 0 Å². The van der Waals surface area contributed by atoms with Gasteiger partial charge in [-0.05, 0) is 31.8 Å². The molecule has 2 saturated heterocycles. The number of hydrogen-bond donors (Lipinski definition) is 1. The quantitative estimate of drug-likeness (QED) is 0.662. The molecular formula is C10H17N3O2. The van der Waals surface area contributed by atoms with Crippen LogP contribution >= 0.6 is 0 Å². The summed E-state index contributed by atoms with van der Waals surface area (Å²) in [5.41, 5.74) is 0. The molecule has 5 heteroatoms. The molecule has 0 aliphatic carbocycles. The highest BCUT2D eigenvalue weighted by Crippen LogP contribution is 2.15. The van der Waals surface area contributed by atoms with Crippen LogP contribution in [0.4, 0.5) is 4.79 Å². The van der Waals surface area contributed by atoms with E-state index in [-0.39, 0.29) is 18.5 Å². The van der Waals surface area contributed by atoms with Crippen LogP contribution in [0, 0.1) is 5.92 Å². The van der Waals surface area contributed by atoms with Crippen molar-refractivity contribution < 1.29 is 9.59 Å². The monoisotopic (exact) mass is 211 g/mol. The summed E-state index contributed by atoms with van der Waals surface area (Å²) in [4.78, 5) is 25.6. The SMILES string of the molecule is CN1C(=O)CN(CCC2CCNC2)C1=O. The van der Waals surface area contributed by atoms with Crippen molar-refractivity contribution in [2.75, 3.05) is 33.2 Å². The molecule has 84 valence electrons. The summed E-state index contributed by atoms with van der Waals surface area (Å²) in [6.07, 6.45) is 2.19. The van der Waals surface area contributed by atoms with Crippen LogP contribution in [0.3, 0.4) is 0 Å². The van der Waals surface area contributed by atoms with Crippen LogP contribution in [-0.2, 0) is 4.79 Å². The van der Waals surface area contributed by atoms with Gasteiger partial charge in [0.05, 0.1) is 0 Å². The topological polar surface area (TPSA) is 52.7 Å². The van der Waals surface area contributed by atoms with Crippen molar-refractivity contribution in [2.45, 2.75) is 12.8 Å². The van der Waals surface area contributed by atoms with Crippen molar-refractivity contribution in [1.29, 1.82) is 0 Å². The van der Waals surface area contributed by atoms with E-state index in [0.717, 1.165) is 19.5 Å². The molecule has 2 fully saturated rings. The Kier molecular flexibility index (Phi) is 2.90. The lowest BCUT2D eigenvalue weighted by Gasteiger charge is -2.16. The molecule has 2 aliphatic heterocycles. The van der Waals surface area contributed by atoms with Gasteiger partial charge < -0.3 is 10.2 Å². The van der Waals surface area contributed by atoms with Crippen LogP contribution in [0.5, 0.6) is 0 Å². The average molecular weight is 211 g/mol. The van der Waals surface area contributed by atoms with E-state index in [0.29, 0.717) is 12.5 Å². The third-order valence-electron chi connectivity index (χ3n) is 3.23. The molecule has 3 amide bonds. The molecule has 2 aliphatic rings. The van der Waals surface area contributed by atoms with Gasteiger partial charge in [0.15, 0.2) is 0 Å². The van der Waals surface area contributed by atoms with E-state index in [4.69, 9.17) is 0 Å². The second-order valence-electron chi connectivity index (χ2n) is 4.30. The van der Waals surface area contributed by atoms with E-state index in [1.165, 1.54) is 11.3 Å². The van der Waals surface area contributed by atoms with Crippen LogP contribution in [0.15, 0.2) is 0 Å². The number of carbonyl (C=O) groups is 2. The van der Waals surface area contributed by atoms with Crippen LogP contribution in [-0.4, -0.2) is 55.0 Å². The van der Waals surface area contributed by atoms with Gasteiger partial charge in [0.25, 0.3) is 0 Å². The van der Waals surface area contributed by atoms with Crippen LogP contribution < -0.4 is 5.32 Å². The van der Waals surface area contributed by atoms with Gasteiger partial charge in [-0.25, -0.2) is 4.79 Å². The summed E-state index contributed by atoms with van der Waals surface area (Å²) in [5, 5.41) is 3.30. The maximum atomic E-state index is 11.5. The summed E-state index contributed by atoms with van der Waals surface area (Å²) in [6.45, 7) is 3.10. The Morgan fingerprint density at radius 2 is 2.27 bits per heavy atom. The summed E-state index contributed by atoms with van der Waals surface area (Å²) in [6, 6.07) is -0.147. The zero-order valence-electron chi connectivity index (χ0n) is 9.03. The predicted molar refractivity (Wildman–Crippen MR) is 55.3 cm³/mol. The number of rotatable bonds is 3. The molecule has 1 N–H and O–H groups in total. The van der Waals surface area contributed by atoms with Crippen molar-refractivity contribution in [1.82, 2.24) is 15.1 Å². The van der Waals surface area contributed by atoms with Gasteiger partial charge in [-0.15, -0.1) is 0 Å². The number of nitrogens with zero attached hydrogens (tertiary/aromatic N) is 2. The lowest BCUT2D eigenvalue weighted by atomic mass is 10.1. The van der Waals surface area contributed by atoms with Gasteiger partial charge in [0.1, 0.15) is 6.54 Å². The minimum absolute atomic E-state index is 0.0930. The van der Waals surface area contributed by atoms with Crippen molar-refractivity contribution >= 4 is 11.9 Å². The highest BCUT2D eigenvalue weighted by atomic mass is 16.2. The van der Waals surface area contributed by atoms with Gasteiger partial charge in [0, 0.05) is 13.6 Å². The molecule has 0 bridgehead atoms. The number of imide groups is 1. The van der Waals surface area contributed by atoms with Crippen LogP contribution in [0.1, 0.15) is 12.8 Å². The lowest BCUT2D eigenvalue weighted by Crippen LogP contribution is -2.31. The Labute approximate surface area is 89.4 Å². The van der Waals surface area contributed by atoms with Crippen LogP contribution in [0.2, 0.25) is 0 Å². The molecule has 0 saturated carbocycles. The molecule has 0 radical (unpaired) electrons. The summed E-state index contributed by atoms with van der Waals surface area (Å²) >= 11 is 0. The Morgan fingerprint density at radius 1 is 1.47 bits per heavy atom. The minimum atomic E-state index is -0.147. The molecule has 1 unspecified atom stereocenters. The fourth-order valence-corrected chi connectivity index (χ4v) is 2.13. The molecule has 1 atom stereocenters. The Morgan fingerprint density at radius 3 is 2.80 bits per heavy atom. The van der Waals surface area contributed by atoms with E-state index in [9.17, 15) is 9.59 Å². The highest BCUT2D eigenvalue weighted by Gasteiger charge is 2.32. The van der Waals surface area contributed by atoms with Crippen molar-refractivity contribution in [3.63, 3.8) is 0 Å². The number of amides is 3. The summed E-state index contributed by atoms with van der Waals surface area (Å²) in [5.74, 6) is 0.573.